The second kappa shape index (κ2) is 7.70. The third kappa shape index (κ3) is 3.79. The lowest BCUT2D eigenvalue weighted by Gasteiger charge is -2.13. The van der Waals surface area contributed by atoms with Crippen LogP contribution in [0.15, 0.2) is 44.6 Å². The Kier molecular flexibility index (Phi) is 4.94. The number of rotatable bonds is 4. The first-order chi connectivity index (χ1) is 14.0. The van der Waals surface area contributed by atoms with Gasteiger partial charge in [-0.3, -0.25) is 14.6 Å². The summed E-state index contributed by atoms with van der Waals surface area (Å²) in [5, 5.41) is 10.7. The number of pyridine rings is 1. The minimum atomic E-state index is -0.413. The summed E-state index contributed by atoms with van der Waals surface area (Å²) in [5.74, 6) is 1.03. The highest BCUT2D eigenvalue weighted by Gasteiger charge is 2.28. The standard InChI is InChI=1S/C20H19N5O4/c1-11-9-16(25-29-11)22-20(27)18-12(2)17-14(6-3-7-15(17)28-18)23-24-19(26)13-5-4-8-21-10-13/h4-5,8-10H,3,6-7H2,1-2H3,(H,24,26)(H,22,25,27)/b23-14+. The largest absolute Gasteiger partial charge is 0.455 e. The third-order valence-corrected chi connectivity index (χ3v) is 4.62. The van der Waals surface area contributed by atoms with Crippen LogP contribution in [0.2, 0.25) is 0 Å². The Morgan fingerprint density at radius 2 is 2.07 bits per heavy atom. The molecule has 0 atom stereocenters. The molecular formula is C20H19N5O4. The highest BCUT2D eigenvalue weighted by molar-refractivity contribution is 6.09. The molecule has 2 amide bonds. The summed E-state index contributed by atoms with van der Waals surface area (Å²) >= 11 is 0. The quantitative estimate of drug-likeness (QED) is 0.657. The zero-order chi connectivity index (χ0) is 20.4. The van der Waals surface area contributed by atoms with Gasteiger partial charge in [-0.05, 0) is 38.8 Å². The van der Waals surface area contributed by atoms with Gasteiger partial charge in [0, 0.05) is 36.0 Å². The van der Waals surface area contributed by atoms with Gasteiger partial charge in [-0.15, -0.1) is 0 Å². The van der Waals surface area contributed by atoms with E-state index in [-0.39, 0.29) is 11.7 Å². The third-order valence-electron chi connectivity index (χ3n) is 4.62. The van der Waals surface area contributed by atoms with Gasteiger partial charge in [-0.2, -0.15) is 5.10 Å². The Balaban J connectivity index is 1.57. The molecule has 4 rings (SSSR count). The number of furan rings is 1. The summed E-state index contributed by atoms with van der Waals surface area (Å²) in [5.41, 5.74) is 5.10. The van der Waals surface area contributed by atoms with Gasteiger partial charge < -0.3 is 14.3 Å². The summed E-state index contributed by atoms with van der Waals surface area (Å²) in [6.07, 6.45) is 5.24. The van der Waals surface area contributed by atoms with Crippen molar-refractivity contribution in [2.75, 3.05) is 5.32 Å². The zero-order valence-corrected chi connectivity index (χ0v) is 16.0. The molecule has 0 unspecified atom stereocenters. The lowest BCUT2D eigenvalue weighted by Crippen LogP contribution is -2.22. The van der Waals surface area contributed by atoms with Gasteiger partial charge in [0.05, 0.1) is 11.3 Å². The zero-order valence-electron chi connectivity index (χ0n) is 16.0. The van der Waals surface area contributed by atoms with Gasteiger partial charge in [0.25, 0.3) is 11.8 Å². The van der Waals surface area contributed by atoms with Crippen LogP contribution in [-0.2, 0) is 6.42 Å². The number of hydrogen-bond donors (Lipinski definition) is 2. The van der Waals surface area contributed by atoms with E-state index in [2.05, 4.69) is 26.0 Å². The van der Waals surface area contributed by atoms with Crippen molar-refractivity contribution in [2.45, 2.75) is 33.1 Å². The molecule has 0 saturated heterocycles. The summed E-state index contributed by atoms with van der Waals surface area (Å²) in [6, 6.07) is 4.96. The molecule has 0 bridgehead atoms. The fourth-order valence-corrected chi connectivity index (χ4v) is 3.27. The Morgan fingerprint density at radius 1 is 1.21 bits per heavy atom. The van der Waals surface area contributed by atoms with Gasteiger partial charge in [0.15, 0.2) is 11.6 Å². The van der Waals surface area contributed by atoms with E-state index in [9.17, 15) is 9.59 Å². The van der Waals surface area contributed by atoms with E-state index in [0.717, 1.165) is 12.0 Å². The number of fused-ring (bicyclic) bond motifs is 1. The molecule has 0 aliphatic heterocycles. The van der Waals surface area contributed by atoms with E-state index in [0.29, 0.717) is 47.0 Å². The lowest BCUT2D eigenvalue weighted by molar-refractivity contribution is 0.0953. The van der Waals surface area contributed by atoms with Gasteiger partial charge in [-0.1, -0.05) is 5.16 Å². The molecule has 0 aromatic carbocycles. The van der Waals surface area contributed by atoms with Crippen LogP contribution in [0, 0.1) is 13.8 Å². The minimum absolute atomic E-state index is 0.198. The Labute approximate surface area is 166 Å². The van der Waals surface area contributed by atoms with Crippen molar-refractivity contribution in [1.29, 1.82) is 0 Å². The molecular weight excluding hydrogens is 374 g/mol. The fraction of sp³-hybridized carbons (Fsp3) is 0.250. The first-order valence-electron chi connectivity index (χ1n) is 9.17. The average Bonchev–Trinajstić information content (AvgIpc) is 3.30. The number of hydrazone groups is 1. The minimum Gasteiger partial charge on any atom is -0.455 e. The number of carbonyl (C=O) groups is 2. The predicted octanol–water partition coefficient (Wildman–Crippen LogP) is 3.00. The summed E-state index contributed by atoms with van der Waals surface area (Å²) in [4.78, 5) is 28.8. The Bertz CT molecular complexity index is 1100. The number of anilines is 1. The smallest absolute Gasteiger partial charge is 0.292 e. The van der Waals surface area contributed by atoms with Crippen molar-refractivity contribution in [1.82, 2.24) is 15.6 Å². The van der Waals surface area contributed by atoms with Crippen LogP contribution >= 0.6 is 0 Å². The normalized spacial score (nSPS) is 14.5. The maximum Gasteiger partial charge on any atom is 0.292 e. The van der Waals surface area contributed by atoms with Crippen molar-refractivity contribution in [3.8, 4) is 0 Å². The van der Waals surface area contributed by atoms with Crippen LogP contribution < -0.4 is 10.7 Å². The Morgan fingerprint density at radius 3 is 2.79 bits per heavy atom. The number of nitrogens with zero attached hydrogens (tertiary/aromatic N) is 3. The monoisotopic (exact) mass is 393 g/mol. The number of amides is 2. The molecule has 3 heterocycles. The maximum atomic E-state index is 12.6. The molecule has 9 nitrogen and oxygen atoms in total. The van der Waals surface area contributed by atoms with Crippen molar-refractivity contribution in [3.63, 3.8) is 0 Å². The van der Waals surface area contributed by atoms with E-state index in [4.69, 9.17) is 8.94 Å². The van der Waals surface area contributed by atoms with Gasteiger partial charge in [0.2, 0.25) is 0 Å². The molecule has 148 valence electrons. The summed E-state index contributed by atoms with van der Waals surface area (Å²) < 4.78 is 10.8. The highest BCUT2D eigenvalue weighted by atomic mass is 16.5. The fourth-order valence-electron chi connectivity index (χ4n) is 3.27. The lowest BCUT2D eigenvalue weighted by atomic mass is 9.93. The molecule has 0 fully saturated rings. The van der Waals surface area contributed by atoms with Gasteiger partial charge in [0.1, 0.15) is 11.5 Å². The summed E-state index contributed by atoms with van der Waals surface area (Å²) in [7, 11) is 0. The molecule has 9 heteroatoms. The van der Waals surface area contributed by atoms with Crippen molar-refractivity contribution in [3.05, 3.63) is 64.6 Å². The van der Waals surface area contributed by atoms with E-state index in [1.165, 1.54) is 6.20 Å². The first-order valence-corrected chi connectivity index (χ1v) is 9.17. The molecule has 1 aliphatic rings. The van der Waals surface area contributed by atoms with Crippen LogP contribution in [0.25, 0.3) is 0 Å². The molecule has 0 saturated carbocycles. The second-order valence-electron chi connectivity index (χ2n) is 6.73. The first kappa shape index (κ1) is 18.6. The molecule has 0 spiro atoms. The average molecular weight is 393 g/mol. The van der Waals surface area contributed by atoms with Crippen LogP contribution in [0.4, 0.5) is 5.82 Å². The van der Waals surface area contributed by atoms with Crippen molar-refractivity contribution < 1.29 is 18.5 Å². The number of aryl methyl sites for hydroxylation is 2. The second-order valence-corrected chi connectivity index (χ2v) is 6.73. The summed E-state index contributed by atoms with van der Waals surface area (Å²) in [6.45, 7) is 3.54. The van der Waals surface area contributed by atoms with Crippen LogP contribution in [0.1, 0.15) is 56.4 Å². The van der Waals surface area contributed by atoms with Crippen LogP contribution in [-0.4, -0.2) is 27.7 Å². The number of aromatic nitrogens is 2. The van der Waals surface area contributed by atoms with E-state index < -0.39 is 5.91 Å². The van der Waals surface area contributed by atoms with Gasteiger partial charge >= 0.3 is 0 Å². The van der Waals surface area contributed by atoms with Crippen LogP contribution in [0.3, 0.4) is 0 Å². The topological polar surface area (TPSA) is 123 Å². The van der Waals surface area contributed by atoms with E-state index >= 15 is 0 Å². The number of carbonyl (C=O) groups excluding carboxylic acids is 2. The van der Waals surface area contributed by atoms with E-state index in [1.807, 2.05) is 0 Å². The SMILES string of the molecule is Cc1cc(NC(=O)c2oc3c(c2C)/C(=N/NC(=O)c2cccnc2)CCC3)no1. The Hall–Kier alpha value is -3.75. The highest BCUT2D eigenvalue weighted by Crippen LogP contribution is 2.30. The maximum absolute atomic E-state index is 12.6. The molecule has 1 aliphatic carbocycles. The number of nitrogens with one attached hydrogen (secondary N) is 2. The van der Waals surface area contributed by atoms with Crippen LogP contribution in [0.5, 0.6) is 0 Å². The van der Waals surface area contributed by atoms with Gasteiger partial charge in [-0.25, -0.2) is 5.43 Å². The predicted molar refractivity (Wildman–Crippen MR) is 104 cm³/mol. The molecule has 2 N–H and O–H groups in total. The molecule has 0 radical (unpaired) electrons. The molecule has 29 heavy (non-hydrogen) atoms. The van der Waals surface area contributed by atoms with Crippen molar-refractivity contribution in [2.24, 2.45) is 5.10 Å². The van der Waals surface area contributed by atoms with Crippen molar-refractivity contribution >= 4 is 23.3 Å². The van der Waals surface area contributed by atoms with E-state index in [1.54, 1.807) is 38.2 Å². The molecule has 3 aromatic heterocycles. The number of hydrogen-bond acceptors (Lipinski definition) is 7. The molecule has 3 aromatic rings.